The number of alkyl halides is 3. The van der Waals surface area contributed by atoms with Crippen LogP contribution >= 0.6 is 23.1 Å². The molecule has 0 unspecified atom stereocenters. The van der Waals surface area contributed by atoms with Gasteiger partial charge in [-0.3, -0.25) is 4.79 Å². The minimum absolute atomic E-state index is 0.0573. The van der Waals surface area contributed by atoms with Gasteiger partial charge in [0.15, 0.2) is 0 Å². The van der Waals surface area contributed by atoms with Crippen molar-refractivity contribution in [1.29, 1.82) is 5.26 Å². The van der Waals surface area contributed by atoms with Gasteiger partial charge in [-0.25, -0.2) is 4.98 Å². The molecule has 0 atom stereocenters. The van der Waals surface area contributed by atoms with E-state index in [0.717, 1.165) is 23.4 Å². The van der Waals surface area contributed by atoms with Gasteiger partial charge in [-0.05, 0) is 23.1 Å². The summed E-state index contributed by atoms with van der Waals surface area (Å²) in [5.41, 5.74) is -0.774. The lowest BCUT2D eigenvalue weighted by Gasteiger charge is -2.13. The number of thiophene rings is 1. The van der Waals surface area contributed by atoms with E-state index in [1.54, 1.807) is 47.8 Å². The summed E-state index contributed by atoms with van der Waals surface area (Å²) in [7, 11) is 0. The Labute approximate surface area is 173 Å². The van der Waals surface area contributed by atoms with E-state index in [9.17, 15) is 23.2 Å². The standard InChI is InChI=1S/C20H13F3N2O2S2/c21-20(22,23)15-9-16(17-7-4-8-28-17)25-19(14(15)10-24)29-12-18(26)27-11-13-5-2-1-3-6-13/h1-9H,11-12H2. The summed E-state index contributed by atoms with van der Waals surface area (Å²) in [5.74, 6) is -0.876. The normalized spacial score (nSPS) is 11.1. The predicted octanol–water partition coefficient (Wildman–Crippen LogP) is 5.54. The fraction of sp³-hybridized carbons (Fsp3) is 0.150. The lowest BCUT2D eigenvalue weighted by Crippen LogP contribution is -2.12. The Balaban J connectivity index is 1.81. The van der Waals surface area contributed by atoms with E-state index in [-0.39, 0.29) is 23.1 Å². The number of carbonyl (C=O) groups is 1. The zero-order valence-electron chi connectivity index (χ0n) is 14.8. The van der Waals surface area contributed by atoms with Crippen LogP contribution in [0.3, 0.4) is 0 Å². The first-order valence-corrected chi connectivity index (χ1v) is 10.1. The number of rotatable bonds is 6. The highest BCUT2D eigenvalue weighted by atomic mass is 32.2. The minimum Gasteiger partial charge on any atom is -0.460 e. The van der Waals surface area contributed by atoms with Gasteiger partial charge in [0.1, 0.15) is 17.7 Å². The molecule has 2 aromatic heterocycles. The highest BCUT2D eigenvalue weighted by Crippen LogP contribution is 2.38. The summed E-state index contributed by atoms with van der Waals surface area (Å²) in [6.07, 6.45) is -4.72. The lowest BCUT2D eigenvalue weighted by molar-refractivity contribution is -0.141. The Morgan fingerprint density at radius 2 is 1.97 bits per heavy atom. The Bertz CT molecular complexity index is 1030. The number of ether oxygens (including phenoxy) is 1. The van der Waals surface area contributed by atoms with Gasteiger partial charge in [0, 0.05) is 0 Å². The van der Waals surface area contributed by atoms with Crippen molar-refractivity contribution >= 4 is 29.1 Å². The van der Waals surface area contributed by atoms with E-state index in [2.05, 4.69) is 4.98 Å². The van der Waals surface area contributed by atoms with E-state index < -0.39 is 23.3 Å². The minimum atomic E-state index is -4.72. The molecule has 0 aliphatic carbocycles. The van der Waals surface area contributed by atoms with Crippen molar-refractivity contribution in [3.05, 3.63) is 70.6 Å². The maximum Gasteiger partial charge on any atom is 0.417 e. The van der Waals surface area contributed by atoms with Crippen molar-refractivity contribution < 1.29 is 22.7 Å². The number of carbonyl (C=O) groups excluding carboxylic acids is 1. The Hall–Kier alpha value is -2.83. The first kappa shape index (κ1) is 20.9. The fourth-order valence-corrected chi connectivity index (χ4v) is 3.90. The van der Waals surface area contributed by atoms with Crippen molar-refractivity contribution in [3.63, 3.8) is 0 Å². The quantitative estimate of drug-likeness (QED) is 0.377. The molecule has 0 bridgehead atoms. The summed E-state index contributed by atoms with van der Waals surface area (Å²) >= 11 is 1.99. The number of esters is 1. The van der Waals surface area contributed by atoms with Crippen LogP contribution in [0.15, 0.2) is 58.9 Å². The predicted molar refractivity (Wildman–Crippen MR) is 104 cm³/mol. The second-order valence-electron chi connectivity index (χ2n) is 5.76. The van der Waals surface area contributed by atoms with Gasteiger partial charge < -0.3 is 4.74 Å². The third kappa shape index (κ3) is 5.37. The van der Waals surface area contributed by atoms with Gasteiger partial charge in [-0.1, -0.05) is 48.2 Å². The van der Waals surface area contributed by atoms with Crippen molar-refractivity contribution in [2.45, 2.75) is 17.8 Å². The van der Waals surface area contributed by atoms with Crippen LogP contribution in [0.25, 0.3) is 10.6 Å². The number of nitrogens with zero attached hydrogens (tertiary/aromatic N) is 2. The third-order valence-electron chi connectivity index (χ3n) is 3.75. The molecular weight excluding hydrogens is 421 g/mol. The molecule has 0 radical (unpaired) electrons. The molecule has 29 heavy (non-hydrogen) atoms. The second kappa shape index (κ2) is 9.11. The van der Waals surface area contributed by atoms with Gasteiger partial charge >= 0.3 is 12.1 Å². The maximum atomic E-state index is 13.5. The third-order valence-corrected chi connectivity index (χ3v) is 5.59. The summed E-state index contributed by atoms with van der Waals surface area (Å²) < 4.78 is 45.5. The van der Waals surface area contributed by atoms with Crippen LogP contribution in [0.2, 0.25) is 0 Å². The molecule has 0 aliphatic rings. The van der Waals surface area contributed by atoms with Crippen LogP contribution in [-0.4, -0.2) is 16.7 Å². The molecule has 0 amide bonds. The zero-order valence-corrected chi connectivity index (χ0v) is 16.4. The number of thioether (sulfide) groups is 1. The molecule has 148 valence electrons. The largest absolute Gasteiger partial charge is 0.460 e. The molecule has 2 heterocycles. The molecule has 0 aliphatic heterocycles. The summed E-state index contributed by atoms with van der Waals surface area (Å²) in [6.45, 7) is 0.0573. The first-order chi connectivity index (χ1) is 13.9. The van der Waals surface area contributed by atoms with Crippen LogP contribution in [0, 0.1) is 11.3 Å². The highest BCUT2D eigenvalue weighted by molar-refractivity contribution is 7.99. The van der Waals surface area contributed by atoms with E-state index >= 15 is 0 Å². The van der Waals surface area contributed by atoms with Gasteiger partial charge in [-0.2, -0.15) is 18.4 Å². The van der Waals surface area contributed by atoms with Crippen LogP contribution in [0.4, 0.5) is 13.2 Å². The summed E-state index contributed by atoms with van der Waals surface area (Å²) in [6, 6.07) is 14.8. The number of aromatic nitrogens is 1. The van der Waals surface area contributed by atoms with Crippen LogP contribution in [0.1, 0.15) is 16.7 Å². The van der Waals surface area contributed by atoms with Gasteiger partial charge in [0.2, 0.25) is 0 Å². The fourth-order valence-electron chi connectivity index (χ4n) is 2.42. The molecular formula is C20H13F3N2O2S2. The first-order valence-electron chi connectivity index (χ1n) is 8.27. The van der Waals surface area contributed by atoms with Crippen LogP contribution < -0.4 is 0 Å². The molecule has 0 N–H and O–H groups in total. The SMILES string of the molecule is N#Cc1c(C(F)(F)F)cc(-c2cccs2)nc1SCC(=O)OCc1ccccc1. The number of pyridine rings is 1. The Morgan fingerprint density at radius 1 is 1.21 bits per heavy atom. The van der Waals surface area contributed by atoms with Gasteiger partial charge in [0.25, 0.3) is 0 Å². The average Bonchev–Trinajstić information content (AvgIpc) is 3.25. The molecule has 0 saturated carbocycles. The van der Waals surface area contributed by atoms with Gasteiger partial charge in [-0.15, -0.1) is 11.3 Å². The number of halogens is 3. The van der Waals surface area contributed by atoms with E-state index in [4.69, 9.17) is 4.74 Å². The van der Waals surface area contributed by atoms with Crippen molar-refractivity contribution in [3.8, 4) is 16.6 Å². The Morgan fingerprint density at radius 3 is 2.59 bits per heavy atom. The second-order valence-corrected chi connectivity index (χ2v) is 7.67. The van der Waals surface area contributed by atoms with Crippen molar-refractivity contribution in [2.24, 2.45) is 0 Å². The van der Waals surface area contributed by atoms with Gasteiger partial charge in [0.05, 0.1) is 27.5 Å². The van der Waals surface area contributed by atoms with Crippen LogP contribution in [0.5, 0.6) is 0 Å². The van der Waals surface area contributed by atoms with E-state index in [1.807, 2.05) is 6.07 Å². The molecule has 1 aromatic carbocycles. The number of hydrogen-bond acceptors (Lipinski definition) is 6. The molecule has 0 spiro atoms. The maximum absolute atomic E-state index is 13.5. The number of benzene rings is 1. The molecule has 3 aromatic rings. The highest BCUT2D eigenvalue weighted by Gasteiger charge is 2.36. The molecule has 3 rings (SSSR count). The number of hydrogen-bond donors (Lipinski definition) is 0. The number of nitriles is 1. The van der Waals surface area contributed by atoms with Crippen molar-refractivity contribution in [1.82, 2.24) is 4.98 Å². The summed E-state index contributed by atoms with van der Waals surface area (Å²) in [5, 5.41) is 10.9. The monoisotopic (exact) mass is 434 g/mol. The smallest absolute Gasteiger partial charge is 0.417 e. The topological polar surface area (TPSA) is 63.0 Å². The Kier molecular flexibility index (Phi) is 6.56. The van der Waals surface area contributed by atoms with E-state index in [1.165, 1.54) is 11.3 Å². The summed E-state index contributed by atoms with van der Waals surface area (Å²) in [4.78, 5) is 16.7. The van der Waals surface area contributed by atoms with Crippen LogP contribution in [-0.2, 0) is 22.3 Å². The lowest BCUT2D eigenvalue weighted by atomic mass is 10.1. The average molecular weight is 434 g/mol. The molecule has 4 nitrogen and oxygen atoms in total. The zero-order chi connectivity index (χ0) is 20.9. The van der Waals surface area contributed by atoms with E-state index in [0.29, 0.717) is 4.88 Å². The molecule has 9 heteroatoms. The molecule has 0 fully saturated rings. The molecule has 0 saturated heterocycles. The van der Waals surface area contributed by atoms with Crippen molar-refractivity contribution in [2.75, 3.05) is 5.75 Å².